The number of rotatable bonds is 7. The molecule has 0 aliphatic heterocycles. The average Bonchev–Trinajstić information content (AvgIpc) is 2.49. The normalized spacial score (nSPS) is 10.8. The lowest BCUT2D eigenvalue weighted by molar-refractivity contribution is 0.289. The molecule has 0 aromatic heterocycles. The van der Waals surface area contributed by atoms with E-state index >= 15 is 0 Å². The summed E-state index contributed by atoms with van der Waals surface area (Å²) < 4.78 is 17.3. The summed E-state index contributed by atoms with van der Waals surface area (Å²) in [6.07, 6.45) is 0. The van der Waals surface area contributed by atoms with Crippen LogP contribution in [0.5, 0.6) is 17.2 Å². The Morgan fingerprint density at radius 1 is 0.952 bits per heavy atom. The molecule has 0 aliphatic rings. The number of para-hydroxylation sites is 1. The van der Waals surface area contributed by atoms with Crippen molar-refractivity contribution < 1.29 is 13.9 Å². The van der Waals surface area contributed by atoms with E-state index < -0.39 is 9.76 Å². The molecule has 2 rings (SSSR count). The molecule has 5 heteroatoms. The minimum atomic E-state index is -0.955. The van der Waals surface area contributed by atoms with E-state index in [0.717, 1.165) is 28.1 Å². The summed E-state index contributed by atoms with van der Waals surface area (Å²) >= 11 is 0. The van der Waals surface area contributed by atoms with E-state index in [-0.39, 0.29) is 0 Å². The van der Waals surface area contributed by atoms with Crippen LogP contribution in [-0.4, -0.2) is 23.0 Å². The zero-order valence-electron chi connectivity index (χ0n) is 12.5. The Bertz CT molecular complexity index is 572. The van der Waals surface area contributed by atoms with Crippen molar-refractivity contribution in [3.05, 3.63) is 42.5 Å². The first-order valence-corrected chi connectivity index (χ1v) is 8.38. The number of hydrogen-bond acceptors (Lipinski definition) is 4. The third-order valence-corrected chi connectivity index (χ3v) is 4.27. The van der Waals surface area contributed by atoms with Crippen LogP contribution in [0.4, 0.5) is 5.69 Å². The van der Waals surface area contributed by atoms with Crippen LogP contribution in [0, 0.1) is 0 Å². The predicted octanol–water partition coefficient (Wildman–Crippen LogP) is 1.85. The summed E-state index contributed by atoms with van der Waals surface area (Å²) in [5, 5.41) is 1.10. The summed E-state index contributed by atoms with van der Waals surface area (Å²) in [5.41, 5.74) is 6.40. The average molecular weight is 303 g/mol. The van der Waals surface area contributed by atoms with Crippen molar-refractivity contribution in [2.75, 3.05) is 18.9 Å². The molecule has 2 N–H and O–H groups in total. The molecule has 4 nitrogen and oxygen atoms in total. The van der Waals surface area contributed by atoms with Gasteiger partial charge < -0.3 is 19.6 Å². The van der Waals surface area contributed by atoms with Gasteiger partial charge in [-0.05, 0) is 44.2 Å². The highest BCUT2D eigenvalue weighted by molar-refractivity contribution is 6.49. The third kappa shape index (κ3) is 4.16. The van der Waals surface area contributed by atoms with Crippen molar-refractivity contribution in [1.82, 2.24) is 0 Å². The minimum absolute atomic E-state index is 0.605. The Labute approximate surface area is 127 Å². The second kappa shape index (κ2) is 7.59. The molecule has 0 heterocycles. The van der Waals surface area contributed by atoms with Crippen molar-refractivity contribution >= 4 is 20.6 Å². The van der Waals surface area contributed by atoms with Crippen LogP contribution in [0.15, 0.2) is 42.5 Å². The lowest BCUT2D eigenvalue weighted by atomic mass is 10.3. The number of benzene rings is 2. The van der Waals surface area contributed by atoms with Crippen LogP contribution in [0.1, 0.15) is 13.8 Å². The van der Waals surface area contributed by atoms with Crippen molar-refractivity contribution in [2.24, 2.45) is 0 Å². The molecule has 2 aromatic carbocycles. The molecule has 2 aromatic rings. The fourth-order valence-electron chi connectivity index (χ4n) is 1.98. The van der Waals surface area contributed by atoms with E-state index in [2.05, 4.69) is 0 Å². The van der Waals surface area contributed by atoms with Crippen LogP contribution in [0.2, 0.25) is 0 Å². The lowest BCUT2D eigenvalue weighted by Crippen LogP contribution is -2.23. The number of hydrogen-bond donors (Lipinski definition) is 1. The highest BCUT2D eigenvalue weighted by Gasteiger charge is 2.12. The molecule has 0 radical (unpaired) electrons. The van der Waals surface area contributed by atoms with Gasteiger partial charge in [-0.25, -0.2) is 0 Å². The van der Waals surface area contributed by atoms with Gasteiger partial charge in [0.25, 0.3) is 9.76 Å². The maximum absolute atomic E-state index is 5.91. The van der Waals surface area contributed by atoms with Crippen LogP contribution >= 0.6 is 0 Å². The van der Waals surface area contributed by atoms with E-state index in [9.17, 15) is 0 Å². The SMILES string of the molecule is CCOc1cccc([SiH2]Oc2ccc(N)cc2)c1OCC. The standard InChI is InChI=1S/C16H21NO3Si/c1-3-18-14-6-5-7-15(16(14)19-4-2)21-20-13-10-8-12(17)9-11-13/h5-11H,3-4,17,21H2,1-2H3. The number of nitrogen functional groups attached to an aromatic ring is 1. The van der Waals surface area contributed by atoms with Gasteiger partial charge in [-0.3, -0.25) is 0 Å². The van der Waals surface area contributed by atoms with E-state index in [1.54, 1.807) is 0 Å². The second-order valence-corrected chi connectivity index (χ2v) is 5.81. The van der Waals surface area contributed by atoms with Crippen LogP contribution in [0.25, 0.3) is 0 Å². The highest BCUT2D eigenvalue weighted by atomic mass is 28.2. The summed E-state index contributed by atoms with van der Waals surface area (Å²) in [6.45, 7) is 5.15. The molecule has 0 spiro atoms. The van der Waals surface area contributed by atoms with Gasteiger partial charge in [0.15, 0.2) is 11.5 Å². The van der Waals surface area contributed by atoms with Crippen molar-refractivity contribution in [3.8, 4) is 17.2 Å². The van der Waals surface area contributed by atoms with Crippen LogP contribution < -0.4 is 24.8 Å². The van der Waals surface area contributed by atoms with Gasteiger partial charge in [0.05, 0.1) is 13.2 Å². The minimum Gasteiger partial charge on any atom is -0.545 e. The van der Waals surface area contributed by atoms with Crippen molar-refractivity contribution in [3.63, 3.8) is 0 Å². The summed E-state index contributed by atoms with van der Waals surface area (Å²) in [4.78, 5) is 0. The first-order valence-electron chi connectivity index (χ1n) is 7.10. The van der Waals surface area contributed by atoms with Crippen molar-refractivity contribution in [2.45, 2.75) is 13.8 Å². The smallest absolute Gasteiger partial charge is 0.255 e. The fourth-order valence-corrected chi connectivity index (χ4v) is 3.13. The molecule has 0 fully saturated rings. The van der Waals surface area contributed by atoms with Gasteiger partial charge in [0.2, 0.25) is 0 Å². The zero-order valence-corrected chi connectivity index (χ0v) is 13.9. The lowest BCUT2D eigenvalue weighted by Gasteiger charge is -2.15. The van der Waals surface area contributed by atoms with Gasteiger partial charge in [0, 0.05) is 10.9 Å². The topological polar surface area (TPSA) is 53.7 Å². The van der Waals surface area contributed by atoms with Crippen molar-refractivity contribution in [1.29, 1.82) is 0 Å². The molecule has 0 unspecified atom stereocenters. The monoisotopic (exact) mass is 303 g/mol. The number of anilines is 1. The maximum atomic E-state index is 5.91. The predicted molar refractivity (Wildman–Crippen MR) is 88.4 cm³/mol. The van der Waals surface area contributed by atoms with Crippen LogP contribution in [0.3, 0.4) is 0 Å². The third-order valence-electron chi connectivity index (χ3n) is 2.92. The van der Waals surface area contributed by atoms with E-state index in [0.29, 0.717) is 13.2 Å². The quantitative estimate of drug-likeness (QED) is 0.626. The number of nitrogens with two attached hydrogens (primary N) is 1. The first-order chi connectivity index (χ1) is 10.2. The summed E-state index contributed by atoms with van der Waals surface area (Å²) in [6, 6.07) is 13.4. The van der Waals surface area contributed by atoms with E-state index in [1.807, 2.05) is 56.3 Å². The summed E-state index contributed by atoms with van der Waals surface area (Å²) in [5.74, 6) is 2.43. The molecular weight excluding hydrogens is 282 g/mol. The number of ether oxygens (including phenoxy) is 2. The molecular formula is C16H21NO3Si. The van der Waals surface area contributed by atoms with Gasteiger partial charge in [-0.1, -0.05) is 12.1 Å². The molecule has 0 saturated carbocycles. The molecule has 21 heavy (non-hydrogen) atoms. The largest absolute Gasteiger partial charge is 0.545 e. The Balaban J connectivity index is 2.14. The molecule has 112 valence electrons. The first kappa shape index (κ1) is 15.2. The van der Waals surface area contributed by atoms with Gasteiger partial charge in [0.1, 0.15) is 5.75 Å². The van der Waals surface area contributed by atoms with Gasteiger partial charge in [-0.2, -0.15) is 0 Å². The second-order valence-electron chi connectivity index (χ2n) is 4.47. The van der Waals surface area contributed by atoms with Crippen LogP contribution in [-0.2, 0) is 0 Å². The van der Waals surface area contributed by atoms with E-state index in [4.69, 9.17) is 19.6 Å². The fraction of sp³-hybridized carbons (Fsp3) is 0.250. The maximum Gasteiger partial charge on any atom is 0.255 e. The summed E-state index contributed by atoms with van der Waals surface area (Å²) in [7, 11) is -0.955. The highest BCUT2D eigenvalue weighted by Crippen LogP contribution is 2.24. The molecule has 0 aliphatic carbocycles. The molecule has 0 saturated heterocycles. The Hall–Kier alpha value is -2.14. The zero-order chi connectivity index (χ0) is 15.1. The molecule has 0 atom stereocenters. The Morgan fingerprint density at radius 2 is 1.67 bits per heavy atom. The van der Waals surface area contributed by atoms with Gasteiger partial charge >= 0.3 is 0 Å². The Kier molecular flexibility index (Phi) is 5.51. The van der Waals surface area contributed by atoms with Gasteiger partial charge in [-0.15, -0.1) is 0 Å². The molecule has 0 bridgehead atoms. The van der Waals surface area contributed by atoms with E-state index in [1.165, 1.54) is 0 Å². The molecule has 0 amide bonds. The Morgan fingerprint density at radius 3 is 2.33 bits per heavy atom.